The quantitative estimate of drug-likeness (QED) is 0.148. The van der Waals surface area contributed by atoms with Gasteiger partial charge in [0.25, 0.3) is 5.79 Å². The lowest BCUT2D eigenvalue weighted by molar-refractivity contribution is -0.373. The van der Waals surface area contributed by atoms with E-state index in [0.717, 1.165) is 42.0 Å². The second-order valence-electron chi connectivity index (χ2n) is 8.50. The normalized spacial score (nSPS) is 17.0. The van der Waals surface area contributed by atoms with Gasteiger partial charge in [0.05, 0.1) is 0 Å². The first-order valence-corrected chi connectivity index (χ1v) is 11.4. The molecule has 0 fully saturated rings. The first kappa shape index (κ1) is 21.4. The zero-order valence-electron chi connectivity index (χ0n) is 18.6. The average molecular weight is 439 g/mol. The molecule has 4 nitrogen and oxygen atoms in total. The van der Waals surface area contributed by atoms with Crippen LogP contribution in [0.1, 0.15) is 58.8 Å². The van der Waals surface area contributed by atoms with E-state index >= 15 is 0 Å². The van der Waals surface area contributed by atoms with Crippen molar-refractivity contribution in [2.24, 2.45) is 0 Å². The van der Waals surface area contributed by atoms with Crippen LogP contribution in [-0.2, 0) is 17.1 Å². The van der Waals surface area contributed by atoms with Gasteiger partial charge in [-0.25, -0.2) is 5.26 Å². The van der Waals surface area contributed by atoms with Gasteiger partial charge < -0.3 is 4.74 Å². The van der Waals surface area contributed by atoms with Crippen LogP contribution in [0.3, 0.4) is 0 Å². The first-order valence-electron chi connectivity index (χ1n) is 11.4. The molecule has 0 aliphatic heterocycles. The SMILES string of the molecule is CCCCCc1ccc2c(c1)C(=O)c1ccccc1C2(OO)Oc1cccc2ccccc12. The summed E-state index contributed by atoms with van der Waals surface area (Å²) in [5, 5.41) is 12.3. The molecule has 5 rings (SSSR count). The minimum absolute atomic E-state index is 0.0906. The van der Waals surface area contributed by atoms with Gasteiger partial charge in [-0.15, -0.1) is 0 Å². The van der Waals surface area contributed by atoms with Crippen molar-refractivity contribution < 1.29 is 19.7 Å². The van der Waals surface area contributed by atoms with Crippen LogP contribution in [0.5, 0.6) is 5.75 Å². The highest BCUT2D eigenvalue weighted by molar-refractivity contribution is 6.13. The maximum absolute atomic E-state index is 13.5. The smallest absolute Gasteiger partial charge is 0.294 e. The molecule has 4 aromatic rings. The molecular formula is C29H26O4. The first-order chi connectivity index (χ1) is 16.2. The molecule has 4 heteroatoms. The van der Waals surface area contributed by atoms with Gasteiger partial charge in [0.2, 0.25) is 0 Å². The third-order valence-corrected chi connectivity index (χ3v) is 6.41. The number of carbonyl (C=O) groups excluding carboxylic acids is 1. The molecule has 0 spiro atoms. The maximum Gasteiger partial charge on any atom is 0.294 e. The zero-order valence-corrected chi connectivity index (χ0v) is 18.6. The van der Waals surface area contributed by atoms with Gasteiger partial charge in [0.15, 0.2) is 5.78 Å². The summed E-state index contributed by atoms with van der Waals surface area (Å²) in [5.74, 6) is -1.19. The van der Waals surface area contributed by atoms with Crippen LogP contribution in [0.15, 0.2) is 84.9 Å². The Kier molecular flexibility index (Phi) is 5.71. The van der Waals surface area contributed by atoms with E-state index in [0.29, 0.717) is 28.0 Å². The van der Waals surface area contributed by atoms with Crippen LogP contribution in [0.2, 0.25) is 0 Å². The van der Waals surface area contributed by atoms with E-state index in [4.69, 9.17) is 9.62 Å². The van der Waals surface area contributed by atoms with Crippen LogP contribution >= 0.6 is 0 Å². The van der Waals surface area contributed by atoms with Gasteiger partial charge in [-0.2, -0.15) is 4.89 Å². The van der Waals surface area contributed by atoms with Crippen molar-refractivity contribution in [3.8, 4) is 5.75 Å². The van der Waals surface area contributed by atoms with Gasteiger partial charge >= 0.3 is 0 Å². The second kappa shape index (κ2) is 8.81. The number of hydrogen-bond acceptors (Lipinski definition) is 4. The van der Waals surface area contributed by atoms with Gasteiger partial charge in [-0.05, 0) is 35.9 Å². The minimum Gasteiger partial charge on any atom is -0.451 e. The van der Waals surface area contributed by atoms with E-state index in [-0.39, 0.29) is 5.78 Å². The van der Waals surface area contributed by atoms with Gasteiger partial charge in [0.1, 0.15) is 5.75 Å². The Hall–Kier alpha value is -3.47. The summed E-state index contributed by atoms with van der Waals surface area (Å²) in [5.41, 5.74) is 3.03. The summed E-state index contributed by atoms with van der Waals surface area (Å²) < 4.78 is 6.52. The summed E-state index contributed by atoms with van der Waals surface area (Å²) in [7, 11) is 0. The Morgan fingerprint density at radius 1 is 0.818 bits per heavy atom. The number of fused-ring (bicyclic) bond motifs is 3. The van der Waals surface area contributed by atoms with Crippen LogP contribution in [-0.4, -0.2) is 11.0 Å². The molecule has 0 aromatic heterocycles. The summed E-state index contributed by atoms with van der Waals surface area (Å²) in [6.07, 6.45) is 4.24. The topological polar surface area (TPSA) is 55.8 Å². The molecule has 0 saturated heterocycles. The lowest BCUT2D eigenvalue weighted by atomic mass is 9.79. The number of carbonyl (C=O) groups is 1. The van der Waals surface area contributed by atoms with Crippen molar-refractivity contribution in [2.45, 2.75) is 38.4 Å². The van der Waals surface area contributed by atoms with Crippen LogP contribution in [0, 0.1) is 0 Å². The predicted octanol–water partition coefficient (Wildman–Crippen LogP) is 6.89. The summed E-state index contributed by atoms with van der Waals surface area (Å²) in [6, 6.07) is 26.6. The minimum atomic E-state index is -1.66. The van der Waals surface area contributed by atoms with E-state index in [1.165, 1.54) is 0 Å². The number of benzene rings is 4. The molecular weight excluding hydrogens is 412 g/mol. The highest BCUT2D eigenvalue weighted by atomic mass is 17.1. The Morgan fingerprint density at radius 2 is 1.58 bits per heavy atom. The van der Waals surface area contributed by atoms with E-state index in [9.17, 15) is 10.1 Å². The van der Waals surface area contributed by atoms with E-state index in [2.05, 4.69) is 6.92 Å². The molecule has 4 aromatic carbocycles. The second-order valence-corrected chi connectivity index (χ2v) is 8.50. The van der Waals surface area contributed by atoms with Gasteiger partial charge in [0, 0.05) is 27.6 Å². The molecule has 0 bridgehead atoms. The molecule has 1 unspecified atom stereocenters. The average Bonchev–Trinajstić information content (AvgIpc) is 2.87. The molecule has 0 heterocycles. The number of ketones is 1. The Morgan fingerprint density at radius 3 is 2.42 bits per heavy atom. The molecule has 1 N–H and O–H groups in total. The van der Waals surface area contributed by atoms with Crippen LogP contribution in [0.4, 0.5) is 0 Å². The molecule has 166 valence electrons. The van der Waals surface area contributed by atoms with Crippen LogP contribution in [0.25, 0.3) is 10.8 Å². The van der Waals surface area contributed by atoms with Crippen molar-refractivity contribution in [2.75, 3.05) is 0 Å². The van der Waals surface area contributed by atoms with E-state index in [1.54, 1.807) is 12.1 Å². The molecule has 0 amide bonds. The van der Waals surface area contributed by atoms with Crippen molar-refractivity contribution in [3.63, 3.8) is 0 Å². The number of ether oxygens (including phenoxy) is 1. The monoisotopic (exact) mass is 438 g/mol. The summed E-state index contributed by atoms with van der Waals surface area (Å²) in [6.45, 7) is 2.17. The summed E-state index contributed by atoms with van der Waals surface area (Å²) in [4.78, 5) is 18.7. The Bertz CT molecular complexity index is 1320. The van der Waals surface area contributed by atoms with Crippen molar-refractivity contribution in [1.82, 2.24) is 0 Å². The molecule has 0 saturated carbocycles. The van der Waals surface area contributed by atoms with Gasteiger partial charge in [-0.1, -0.05) is 92.6 Å². The largest absolute Gasteiger partial charge is 0.451 e. The summed E-state index contributed by atoms with van der Waals surface area (Å²) >= 11 is 0. The van der Waals surface area contributed by atoms with Crippen LogP contribution < -0.4 is 4.74 Å². The standard InChI is InChI=1S/C29H26O4/c1-2-3-4-10-20-17-18-26-24(19-20)28(30)23-14-7-8-15-25(23)29(26,33-31)32-27-16-9-12-21-11-5-6-13-22(21)27/h5-9,11-19,31H,2-4,10H2,1H3. The van der Waals surface area contributed by atoms with Crippen molar-refractivity contribution in [1.29, 1.82) is 0 Å². The lowest BCUT2D eigenvalue weighted by Crippen LogP contribution is -2.42. The van der Waals surface area contributed by atoms with E-state index < -0.39 is 5.79 Å². The predicted molar refractivity (Wildman–Crippen MR) is 129 cm³/mol. The molecule has 1 atom stereocenters. The molecule has 33 heavy (non-hydrogen) atoms. The number of aryl methyl sites for hydroxylation is 1. The fourth-order valence-corrected chi connectivity index (χ4v) is 4.73. The Labute approximate surface area is 193 Å². The van der Waals surface area contributed by atoms with E-state index in [1.807, 2.05) is 72.8 Å². The third kappa shape index (κ3) is 3.62. The molecule has 1 aliphatic carbocycles. The van der Waals surface area contributed by atoms with Crippen molar-refractivity contribution in [3.05, 3.63) is 113 Å². The number of rotatable bonds is 7. The van der Waals surface area contributed by atoms with Crippen molar-refractivity contribution >= 4 is 16.6 Å². The highest BCUT2D eigenvalue weighted by Crippen LogP contribution is 2.45. The molecule has 1 aliphatic rings. The van der Waals surface area contributed by atoms with Gasteiger partial charge in [-0.3, -0.25) is 4.79 Å². The third-order valence-electron chi connectivity index (χ3n) is 6.41. The fraction of sp³-hybridized carbons (Fsp3) is 0.207. The fourth-order valence-electron chi connectivity index (χ4n) is 4.73. The number of hydrogen-bond donors (Lipinski definition) is 1. The zero-order chi connectivity index (χ0) is 22.8. The number of unbranched alkanes of at least 4 members (excludes halogenated alkanes) is 2. The highest BCUT2D eigenvalue weighted by Gasteiger charge is 2.48. The lowest BCUT2D eigenvalue weighted by Gasteiger charge is -2.37. The Balaban J connectivity index is 1.68. The molecule has 0 radical (unpaired) electrons. The maximum atomic E-state index is 13.5.